The van der Waals surface area contributed by atoms with Crippen LogP contribution in [0, 0.1) is 11.8 Å². The minimum absolute atomic E-state index is 0.0213. The molecule has 0 aromatic heterocycles. The number of aliphatic hydroxyl groups excluding tert-OH is 1. The monoisotopic (exact) mass is 809 g/mol. The quantitative estimate of drug-likeness (QED) is 0.0481. The average molecular weight is 809 g/mol. The van der Waals surface area contributed by atoms with Gasteiger partial charge in [0.15, 0.2) is 0 Å². The van der Waals surface area contributed by atoms with Crippen LogP contribution in [0.5, 0.6) is 0 Å². The predicted molar refractivity (Wildman–Crippen MR) is 240 cm³/mol. The van der Waals surface area contributed by atoms with Gasteiger partial charge in [-0.15, -0.1) is 0 Å². The molecule has 0 aromatic rings. The number of aliphatic hydroxyl groups is 1. The van der Waals surface area contributed by atoms with E-state index in [9.17, 15) is 14.7 Å². The van der Waals surface area contributed by atoms with E-state index in [1.807, 2.05) is 0 Å². The highest BCUT2D eigenvalue weighted by molar-refractivity contribution is 5.69. The summed E-state index contributed by atoms with van der Waals surface area (Å²) in [5, 5.41) is 9.74. The van der Waals surface area contributed by atoms with Crippen LogP contribution in [-0.4, -0.2) is 98.6 Å². The summed E-state index contributed by atoms with van der Waals surface area (Å²) >= 11 is 0. The highest BCUT2D eigenvalue weighted by Crippen LogP contribution is 2.21. The summed E-state index contributed by atoms with van der Waals surface area (Å²) in [6, 6.07) is 0.390. The van der Waals surface area contributed by atoms with Crippen molar-refractivity contribution in [2.24, 2.45) is 11.8 Å². The van der Waals surface area contributed by atoms with Crippen LogP contribution in [0.25, 0.3) is 0 Å². The van der Waals surface area contributed by atoms with Gasteiger partial charge >= 0.3 is 11.9 Å². The van der Waals surface area contributed by atoms with Crippen molar-refractivity contribution in [1.29, 1.82) is 0 Å². The molecule has 2 unspecified atom stereocenters. The number of carbonyl (C=O) groups excluding carboxylic acids is 2. The Morgan fingerprint density at radius 1 is 0.579 bits per heavy atom. The first-order chi connectivity index (χ1) is 27.9. The van der Waals surface area contributed by atoms with E-state index in [1.54, 1.807) is 0 Å². The van der Waals surface area contributed by atoms with E-state index < -0.39 is 0 Å². The summed E-state index contributed by atoms with van der Waals surface area (Å²) in [6.07, 6.45) is 35.0. The van der Waals surface area contributed by atoms with Crippen molar-refractivity contribution in [3.8, 4) is 0 Å². The summed E-state index contributed by atoms with van der Waals surface area (Å²) in [6.45, 7) is 16.4. The zero-order valence-electron chi connectivity index (χ0n) is 38.4. The van der Waals surface area contributed by atoms with Gasteiger partial charge in [0.05, 0.1) is 26.4 Å². The van der Waals surface area contributed by atoms with Crippen molar-refractivity contribution in [2.75, 3.05) is 65.8 Å². The number of unbranched alkanes of at least 4 members (excludes halogenated alkanes) is 19. The van der Waals surface area contributed by atoms with Crippen molar-refractivity contribution in [1.82, 2.24) is 9.80 Å². The van der Waals surface area contributed by atoms with Crippen LogP contribution in [0.3, 0.4) is 0 Å². The third-order valence-corrected chi connectivity index (χ3v) is 12.2. The highest BCUT2D eigenvalue weighted by Gasteiger charge is 2.23. The van der Waals surface area contributed by atoms with E-state index in [0.717, 1.165) is 90.8 Å². The van der Waals surface area contributed by atoms with Gasteiger partial charge in [-0.1, -0.05) is 156 Å². The molecule has 1 heterocycles. The highest BCUT2D eigenvalue weighted by atomic mass is 16.5. The zero-order valence-corrected chi connectivity index (χ0v) is 38.4. The number of ether oxygens (including phenoxy) is 3. The van der Waals surface area contributed by atoms with Crippen LogP contribution in [0.15, 0.2) is 0 Å². The fraction of sp³-hybridized carbons (Fsp3) is 0.959. The second-order valence-corrected chi connectivity index (χ2v) is 17.7. The topological polar surface area (TPSA) is 88.5 Å². The van der Waals surface area contributed by atoms with Gasteiger partial charge in [0.1, 0.15) is 0 Å². The normalized spacial score (nSPS) is 15.0. The van der Waals surface area contributed by atoms with E-state index in [-0.39, 0.29) is 18.5 Å². The summed E-state index contributed by atoms with van der Waals surface area (Å²) in [4.78, 5) is 30.2. The van der Waals surface area contributed by atoms with Crippen molar-refractivity contribution in [2.45, 2.75) is 226 Å². The molecule has 0 spiro atoms. The molecule has 8 heteroatoms. The van der Waals surface area contributed by atoms with Crippen LogP contribution in [0.2, 0.25) is 0 Å². The van der Waals surface area contributed by atoms with E-state index in [4.69, 9.17) is 14.2 Å². The van der Waals surface area contributed by atoms with E-state index in [2.05, 4.69) is 37.5 Å². The summed E-state index contributed by atoms with van der Waals surface area (Å²) in [5.74, 6) is 0.874. The largest absolute Gasteiger partial charge is 0.465 e. The fourth-order valence-electron chi connectivity index (χ4n) is 8.27. The van der Waals surface area contributed by atoms with Gasteiger partial charge in [-0.3, -0.25) is 14.5 Å². The van der Waals surface area contributed by atoms with Crippen LogP contribution in [-0.2, 0) is 23.8 Å². The molecule has 1 saturated heterocycles. The molecule has 338 valence electrons. The lowest BCUT2D eigenvalue weighted by Crippen LogP contribution is -2.43. The van der Waals surface area contributed by atoms with E-state index >= 15 is 0 Å². The number of esters is 2. The fourth-order valence-corrected chi connectivity index (χ4v) is 8.27. The lowest BCUT2D eigenvalue weighted by Gasteiger charge is -2.30. The second kappa shape index (κ2) is 40.2. The predicted octanol–water partition coefficient (Wildman–Crippen LogP) is 12.1. The molecule has 57 heavy (non-hydrogen) atoms. The Balaban J connectivity index is 2.44. The third-order valence-electron chi connectivity index (χ3n) is 12.2. The maximum atomic E-state index is 12.8. The van der Waals surface area contributed by atoms with Crippen LogP contribution in [0.4, 0.5) is 0 Å². The van der Waals surface area contributed by atoms with Crippen molar-refractivity contribution < 1.29 is 28.9 Å². The maximum Gasteiger partial charge on any atom is 0.305 e. The van der Waals surface area contributed by atoms with Gasteiger partial charge < -0.3 is 24.2 Å². The Labute approximate surface area is 353 Å². The number of hydrogen-bond acceptors (Lipinski definition) is 8. The second-order valence-electron chi connectivity index (χ2n) is 17.7. The van der Waals surface area contributed by atoms with Crippen LogP contribution >= 0.6 is 0 Å². The summed E-state index contributed by atoms with van der Waals surface area (Å²) in [7, 11) is 0. The van der Waals surface area contributed by atoms with Gasteiger partial charge in [0, 0.05) is 45.1 Å². The van der Waals surface area contributed by atoms with Crippen molar-refractivity contribution in [3.63, 3.8) is 0 Å². The van der Waals surface area contributed by atoms with Crippen LogP contribution in [0.1, 0.15) is 220 Å². The van der Waals surface area contributed by atoms with Crippen LogP contribution < -0.4 is 0 Å². The molecule has 2 atom stereocenters. The average Bonchev–Trinajstić information content (AvgIpc) is 3.76. The van der Waals surface area contributed by atoms with Gasteiger partial charge in [-0.05, 0) is 76.3 Å². The molecule has 1 rings (SSSR count). The molecule has 1 aliphatic heterocycles. The Kier molecular flexibility index (Phi) is 37.9. The number of carbonyl (C=O) groups is 2. The Bertz CT molecular complexity index is 868. The van der Waals surface area contributed by atoms with Gasteiger partial charge in [0.2, 0.25) is 0 Å². The summed E-state index contributed by atoms with van der Waals surface area (Å²) < 4.78 is 17.2. The first kappa shape index (κ1) is 53.8. The molecule has 1 N–H and O–H groups in total. The molecule has 0 bridgehead atoms. The Morgan fingerprint density at radius 2 is 1.05 bits per heavy atom. The molecule has 0 amide bonds. The van der Waals surface area contributed by atoms with E-state index in [0.29, 0.717) is 50.5 Å². The number of hydrogen-bond donors (Lipinski definition) is 1. The molecule has 0 aromatic carbocycles. The minimum Gasteiger partial charge on any atom is -0.465 e. The molecule has 0 radical (unpaired) electrons. The molecule has 0 saturated carbocycles. The first-order valence-electron chi connectivity index (χ1n) is 24.9. The molecule has 0 aliphatic carbocycles. The molecule has 8 nitrogen and oxygen atoms in total. The smallest absolute Gasteiger partial charge is 0.305 e. The molecule has 1 fully saturated rings. The van der Waals surface area contributed by atoms with Gasteiger partial charge in [0.25, 0.3) is 0 Å². The standard InChI is InChI=1S/C49H96N2O6/c1-5-8-11-14-17-22-29-45(4)42-56-48(53)32-25-20-27-35-50(37-38-51(39-40-52)47-34-41-55-44-47)36-28-21-26-33-49(54)57-43-46(30-23-18-15-12-9-6-2)31-24-19-16-13-10-7-3/h45-47,52H,5-44H2,1-4H3. The zero-order chi connectivity index (χ0) is 41.4. The summed E-state index contributed by atoms with van der Waals surface area (Å²) in [5.41, 5.74) is 0. The molecule has 1 aliphatic rings. The Hall–Kier alpha value is -1.22. The lowest BCUT2D eigenvalue weighted by molar-refractivity contribution is -0.146. The number of rotatable bonds is 43. The molecular weight excluding hydrogens is 713 g/mol. The third kappa shape index (κ3) is 33.2. The lowest BCUT2D eigenvalue weighted by atomic mass is 9.94. The number of nitrogens with zero attached hydrogens (tertiary/aromatic N) is 2. The van der Waals surface area contributed by atoms with Gasteiger partial charge in [-0.2, -0.15) is 0 Å². The van der Waals surface area contributed by atoms with Gasteiger partial charge in [-0.25, -0.2) is 0 Å². The van der Waals surface area contributed by atoms with E-state index in [1.165, 1.54) is 128 Å². The first-order valence-corrected chi connectivity index (χ1v) is 24.9. The maximum absolute atomic E-state index is 12.8. The van der Waals surface area contributed by atoms with Crippen molar-refractivity contribution in [3.05, 3.63) is 0 Å². The molecular formula is C49H96N2O6. The van der Waals surface area contributed by atoms with Crippen molar-refractivity contribution >= 4 is 11.9 Å². The minimum atomic E-state index is -0.0512. The Morgan fingerprint density at radius 3 is 1.54 bits per heavy atom. The SMILES string of the molecule is CCCCCCCCC(C)COC(=O)CCCCCN(CCCCCC(=O)OCC(CCCCCCCC)CCCCCCCC)CCN(CCO)C1CCOC1.